The number of nitrogens with zero attached hydrogens (tertiary/aromatic N) is 6. The van der Waals surface area contributed by atoms with Crippen molar-refractivity contribution in [3.8, 4) is 23.0 Å². The highest BCUT2D eigenvalue weighted by Crippen LogP contribution is 2.36. The lowest BCUT2D eigenvalue weighted by molar-refractivity contribution is 0.0574. The molecule has 0 radical (unpaired) electrons. The molecule has 0 unspecified atom stereocenters. The van der Waals surface area contributed by atoms with E-state index in [2.05, 4.69) is 33.0 Å². The number of rotatable bonds is 7. The zero-order valence-electron chi connectivity index (χ0n) is 23.6. The maximum Gasteiger partial charge on any atom is 0.407 e. The smallest absolute Gasteiger partial charge is 0.407 e. The van der Waals surface area contributed by atoms with Gasteiger partial charge in [-0.2, -0.15) is 10.1 Å². The molecule has 2 aromatic carbocycles. The number of ether oxygens (including phenoxy) is 1. The molecular formula is C31H35FN6O4. The van der Waals surface area contributed by atoms with Crippen LogP contribution in [0.3, 0.4) is 0 Å². The number of likely N-dealkylation sites (tertiary alicyclic amines) is 1. The van der Waals surface area contributed by atoms with Crippen molar-refractivity contribution in [3.63, 3.8) is 0 Å². The Morgan fingerprint density at radius 3 is 2.57 bits per heavy atom. The van der Waals surface area contributed by atoms with Crippen molar-refractivity contribution in [2.45, 2.75) is 19.2 Å². The minimum atomic E-state index is -1.12. The molecule has 10 nitrogen and oxygen atoms in total. The van der Waals surface area contributed by atoms with Gasteiger partial charge in [0.05, 0.1) is 17.6 Å². The van der Waals surface area contributed by atoms with Crippen LogP contribution >= 0.6 is 0 Å². The first-order valence-corrected chi connectivity index (χ1v) is 14.3. The van der Waals surface area contributed by atoms with E-state index in [0.717, 1.165) is 54.0 Å². The highest BCUT2D eigenvalue weighted by Gasteiger charge is 2.33. The third-order valence-electron chi connectivity index (χ3n) is 8.33. The number of piperidine rings is 1. The standard InChI is InChI=1S/C31H35FN6O4/c1-35-27-17-23(37-15-13-36(14-16-37)18-22-11-12-38(31(40)41)19-26(22)32)7-8-24(27)29(34-35)25-9-10-28(39)33-30(25)42-20-21-5-3-2-4-6-21/h2-10,17,22,26H,11-16,18-20H2,1H3,(H,33,39)(H,40,41)/t22-,26+/m1/s1. The number of pyridine rings is 1. The van der Waals surface area contributed by atoms with Crippen LogP contribution in [0.15, 0.2) is 60.7 Å². The van der Waals surface area contributed by atoms with Gasteiger partial charge < -0.3 is 24.7 Å². The summed E-state index contributed by atoms with van der Waals surface area (Å²) in [6, 6.07) is 19.4. The highest BCUT2D eigenvalue weighted by atomic mass is 19.1. The summed E-state index contributed by atoms with van der Waals surface area (Å²) in [4.78, 5) is 21.2. The van der Waals surface area contributed by atoms with Gasteiger partial charge in [-0.05, 0) is 36.2 Å². The van der Waals surface area contributed by atoms with Crippen LogP contribution in [-0.4, -0.2) is 92.9 Å². The lowest BCUT2D eigenvalue weighted by Gasteiger charge is -2.40. The highest BCUT2D eigenvalue weighted by molar-refractivity contribution is 5.96. The molecule has 2 fully saturated rings. The van der Waals surface area contributed by atoms with Gasteiger partial charge in [0.15, 0.2) is 0 Å². The monoisotopic (exact) mass is 574 g/mol. The molecule has 0 saturated carbocycles. The molecule has 0 aliphatic carbocycles. The number of hydrogen-bond donors (Lipinski definition) is 2. The summed E-state index contributed by atoms with van der Waals surface area (Å²) in [5.74, 6) is 0.0757. The van der Waals surface area contributed by atoms with Crippen LogP contribution in [0.4, 0.5) is 14.9 Å². The van der Waals surface area contributed by atoms with Crippen molar-refractivity contribution < 1.29 is 24.1 Å². The number of fused-ring (bicyclic) bond motifs is 1. The molecule has 42 heavy (non-hydrogen) atoms. The zero-order valence-corrected chi connectivity index (χ0v) is 23.6. The van der Waals surface area contributed by atoms with Gasteiger partial charge in [0, 0.05) is 69.4 Å². The third kappa shape index (κ3) is 5.82. The van der Waals surface area contributed by atoms with E-state index in [1.165, 1.54) is 4.90 Å². The maximum atomic E-state index is 14.7. The minimum absolute atomic E-state index is 0.0342. The quantitative estimate of drug-likeness (QED) is 0.335. The van der Waals surface area contributed by atoms with Gasteiger partial charge in [-0.1, -0.05) is 30.3 Å². The number of benzene rings is 2. The molecule has 0 spiro atoms. The molecule has 2 N–H and O–H groups in total. The van der Waals surface area contributed by atoms with Crippen molar-refractivity contribution in [1.82, 2.24) is 24.6 Å². The van der Waals surface area contributed by atoms with Gasteiger partial charge >= 0.3 is 6.09 Å². The van der Waals surface area contributed by atoms with Gasteiger partial charge in [0.2, 0.25) is 11.8 Å². The number of aromatic nitrogens is 3. The number of piperazine rings is 1. The van der Waals surface area contributed by atoms with E-state index >= 15 is 0 Å². The number of hydrogen-bond acceptors (Lipinski definition) is 7. The first-order valence-electron chi connectivity index (χ1n) is 14.3. The molecule has 2 saturated heterocycles. The van der Waals surface area contributed by atoms with E-state index in [4.69, 9.17) is 14.9 Å². The Hall–Kier alpha value is -4.38. The minimum Gasteiger partial charge on any atom is -0.493 e. The van der Waals surface area contributed by atoms with Gasteiger partial charge in [-0.3, -0.25) is 9.58 Å². The van der Waals surface area contributed by atoms with Gasteiger partial charge in [-0.25, -0.2) is 9.18 Å². The number of aromatic hydroxyl groups is 1. The topological polar surface area (TPSA) is 107 Å². The van der Waals surface area contributed by atoms with Crippen LogP contribution in [-0.2, 0) is 13.7 Å². The summed E-state index contributed by atoms with van der Waals surface area (Å²) >= 11 is 0. The molecule has 4 aromatic rings. The lowest BCUT2D eigenvalue weighted by atomic mass is 9.94. The summed E-state index contributed by atoms with van der Waals surface area (Å²) in [6.07, 6.45) is -1.61. The van der Waals surface area contributed by atoms with Crippen LogP contribution in [0.25, 0.3) is 22.2 Å². The Kier molecular flexibility index (Phi) is 7.84. The number of carbonyl (C=O) groups is 1. The fourth-order valence-corrected chi connectivity index (χ4v) is 5.94. The molecular weight excluding hydrogens is 539 g/mol. The molecule has 220 valence electrons. The van der Waals surface area contributed by atoms with Crippen molar-refractivity contribution >= 4 is 22.7 Å². The number of amides is 1. The van der Waals surface area contributed by atoms with Crippen molar-refractivity contribution in [3.05, 3.63) is 66.2 Å². The Morgan fingerprint density at radius 1 is 1.05 bits per heavy atom. The van der Waals surface area contributed by atoms with Crippen LogP contribution in [0, 0.1) is 5.92 Å². The van der Waals surface area contributed by atoms with Gasteiger partial charge in [0.1, 0.15) is 18.5 Å². The van der Waals surface area contributed by atoms with Gasteiger partial charge in [0.25, 0.3) is 0 Å². The van der Waals surface area contributed by atoms with Crippen LogP contribution in [0.5, 0.6) is 11.8 Å². The molecule has 2 aromatic heterocycles. The molecule has 0 bridgehead atoms. The summed E-state index contributed by atoms with van der Waals surface area (Å²) in [6.45, 7) is 4.62. The van der Waals surface area contributed by atoms with Gasteiger partial charge in [-0.15, -0.1) is 0 Å². The number of anilines is 1. The number of aryl methyl sites for hydroxylation is 1. The Labute approximate surface area is 243 Å². The summed E-state index contributed by atoms with van der Waals surface area (Å²) in [7, 11) is 1.91. The van der Waals surface area contributed by atoms with Crippen molar-refractivity contribution in [2.75, 3.05) is 50.7 Å². The second-order valence-corrected chi connectivity index (χ2v) is 11.1. The predicted molar refractivity (Wildman–Crippen MR) is 158 cm³/mol. The SMILES string of the molecule is Cn1nc(-c2ccc(O)nc2OCc2ccccc2)c2ccc(N3CCN(C[C@H]4CCN(C(=O)O)C[C@@H]4F)CC3)cc21. The molecule has 2 aliphatic rings. The average Bonchev–Trinajstić information content (AvgIpc) is 3.33. The molecule has 4 heterocycles. The fraction of sp³-hybridized carbons (Fsp3) is 0.387. The van der Waals surface area contributed by atoms with E-state index in [1.807, 2.05) is 42.1 Å². The Balaban J connectivity index is 1.14. The van der Waals surface area contributed by atoms with E-state index in [0.29, 0.717) is 37.6 Å². The van der Waals surface area contributed by atoms with Crippen molar-refractivity contribution in [2.24, 2.45) is 13.0 Å². The number of alkyl halides is 1. The zero-order chi connectivity index (χ0) is 29.2. The molecule has 2 aliphatic heterocycles. The molecule has 11 heteroatoms. The largest absolute Gasteiger partial charge is 0.493 e. The first-order chi connectivity index (χ1) is 20.4. The van der Waals surface area contributed by atoms with Crippen LogP contribution in [0.1, 0.15) is 12.0 Å². The Bertz CT molecular complexity index is 1560. The predicted octanol–water partition coefficient (Wildman–Crippen LogP) is 4.38. The van der Waals surface area contributed by atoms with E-state index < -0.39 is 12.3 Å². The lowest BCUT2D eigenvalue weighted by Crippen LogP contribution is -2.51. The summed E-state index contributed by atoms with van der Waals surface area (Å²) in [5, 5.41) is 25.0. The Morgan fingerprint density at radius 2 is 1.83 bits per heavy atom. The number of halogens is 1. The molecule has 6 rings (SSSR count). The first kappa shape index (κ1) is 27.8. The summed E-state index contributed by atoms with van der Waals surface area (Å²) < 4.78 is 22.5. The molecule has 1 amide bonds. The molecule has 2 atom stereocenters. The number of carboxylic acid groups (broad SMARTS) is 1. The van der Waals surface area contributed by atoms with E-state index in [1.54, 1.807) is 12.1 Å². The second kappa shape index (κ2) is 11.8. The average molecular weight is 575 g/mol. The van der Waals surface area contributed by atoms with E-state index in [9.17, 15) is 14.3 Å². The fourth-order valence-electron chi connectivity index (χ4n) is 5.94. The van der Waals surface area contributed by atoms with Crippen LogP contribution < -0.4 is 9.64 Å². The van der Waals surface area contributed by atoms with Crippen molar-refractivity contribution in [1.29, 1.82) is 0 Å². The maximum absolute atomic E-state index is 14.7. The van der Waals surface area contributed by atoms with E-state index in [-0.39, 0.29) is 18.3 Å². The van der Waals surface area contributed by atoms with Crippen LogP contribution in [0.2, 0.25) is 0 Å². The summed E-state index contributed by atoms with van der Waals surface area (Å²) in [5.41, 5.74) is 4.50. The normalized spacial score (nSPS) is 19.8. The second-order valence-electron chi connectivity index (χ2n) is 11.1. The third-order valence-corrected chi connectivity index (χ3v) is 8.33.